The van der Waals surface area contributed by atoms with Crippen LogP contribution in [0.2, 0.25) is 0 Å². The summed E-state index contributed by atoms with van der Waals surface area (Å²) in [6.45, 7) is 0.150. The van der Waals surface area contributed by atoms with Crippen molar-refractivity contribution in [1.82, 2.24) is 9.80 Å². The van der Waals surface area contributed by atoms with Gasteiger partial charge in [-0.25, -0.2) is 0 Å². The van der Waals surface area contributed by atoms with E-state index in [0.29, 0.717) is 34.0 Å². The van der Waals surface area contributed by atoms with Gasteiger partial charge in [0, 0.05) is 21.3 Å². The van der Waals surface area contributed by atoms with E-state index in [-0.39, 0.29) is 24.4 Å². The lowest BCUT2D eigenvalue weighted by molar-refractivity contribution is -0.122. The molecular weight excluding hydrogens is 444 g/mol. The zero-order valence-electron chi connectivity index (χ0n) is 17.0. The molecular formula is C24H20N2O4S2. The number of benzene rings is 2. The van der Waals surface area contributed by atoms with Crippen molar-refractivity contribution >= 4 is 46.7 Å². The smallest absolute Gasteiger partial charge is 0.261 e. The molecule has 2 N–H and O–H groups in total. The van der Waals surface area contributed by atoms with E-state index in [1.165, 1.54) is 23.5 Å². The van der Waals surface area contributed by atoms with Crippen LogP contribution in [-0.2, 0) is 9.59 Å². The summed E-state index contributed by atoms with van der Waals surface area (Å²) in [6, 6.07) is 14.6. The fraction of sp³-hybridized carbons (Fsp3) is 0.167. The molecule has 8 heteroatoms. The Morgan fingerprint density at radius 3 is 1.31 bits per heavy atom. The van der Waals surface area contributed by atoms with Gasteiger partial charge in [0.25, 0.3) is 11.8 Å². The van der Waals surface area contributed by atoms with Crippen LogP contribution in [-0.4, -0.2) is 56.5 Å². The third kappa shape index (κ3) is 3.99. The number of nitrogens with zero attached hydrogens (tertiary/aromatic N) is 2. The maximum atomic E-state index is 13.1. The van der Waals surface area contributed by atoms with E-state index in [0.717, 1.165) is 19.6 Å². The monoisotopic (exact) mass is 464 g/mol. The molecule has 0 unspecified atom stereocenters. The molecule has 4 rings (SSSR count). The molecule has 2 heterocycles. The van der Waals surface area contributed by atoms with Crippen molar-refractivity contribution < 1.29 is 19.8 Å². The van der Waals surface area contributed by atoms with Gasteiger partial charge in [0.05, 0.1) is 49.8 Å². The predicted molar refractivity (Wildman–Crippen MR) is 125 cm³/mol. The molecule has 0 fully saturated rings. The molecule has 2 aromatic carbocycles. The van der Waals surface area contributed by atoms with Gasteiger partial charge in [-0.05, 0) is 35.4 Å². The van der Waals surface area contributed by atoms with Crippen LogP contribution in [0.5, 0.6) is 0 Å². The number of rotatable bonds is 8. The first-order valence-corrected chi connectivity index (χ1v) is 11.8. The highest BCUT2D eigenvalue weighted by atomic mass is 32.2. The fourth-order valence-corrected chi connectivity index (χ4v) is 4.96. The van der Waals surface area contributed by atoms with Gasteiger partial charge < -0.3 is 10.2 Å². The number of amides is 2. The van der Waals surface area contributed by atoms with Crippen molar-refractivity contribution in [2.45, 2.75) is 9.79 Å². The number of carbonyl (C=O) groups is 2. The number of fused-ring (bicyclic) bond motifs is 1. The SMILES string of the molecule is [CH]N1C(=O)C2=C(c3ccc(SCCO)cc3)N([CH])C(=O)C2=C1c1ccc(SCCO)cc1. The van der Waals surface area contributed by atoms with Crippen molar-refractivity contribution in [2.75, 3.05) is 24.7 Å². The Balaban J connectivity index is 1.76. The highest BCUT2D eigenvalue weighted by molar-refractivity contribution is 7.99. The molecule has 0 aromatic heterocycles. The van der Waals surface area contributed by atoms with Crippen LogP contribution < -0.4 is 0 Å². The minimum absolute atomic E-state index is 0.0751. The van der Waals surface area contributed by atoms with E-state index < -0.39 is 11.8 Å². The van der Waals surface area contributed by atoms with Crippen molar-refractivity contribution in [2.24, 2.45) is 0 Å². The summed E-state index contributed by atoms with van der Waals surface area (Å²) in [5.41, 5.74) is 2.24. The molecule has 0 bridgehead atoms. The van der Waals surface area contributed by atoms with Gasteiger partial charge in [-0.3, -0.25) is 19.4 Å². The summed E-state index contributed by atoms with van der Waals surface area (Å²) in [5, 5.41) is 18.0. The van der Waals surface area contributed by atoms with Gasteiger partial charge in [-0.2, -0.15) is 0 Å². The topological polar surface area (TPSA) is 81.1 Å². The van der Waals surface area contributed by atoms with Crippen molar-refractivity contribution in [3.8, 4) is 0 Å². The first-order valence-electron chi connectivity index (χ1n) is 9.83. The molecule has 2 aliphatic heterocycles. The first kappa shape index (κ1) is 22.7. The third-order valence-electron chi connectivity index (χ3n) is 5.05. The molecule has 2 aromatic rings. The fourth-order valence-electron chi connectivity index (χ4n) is 3.65. The molecule has 4 radical (unpaired) electrons. The molecule has 2 amide bonds. The van der Waals surface area contributed by atoms with Crippen LogP contribution in [0.25, 0.3) is 11.4 Å². The Morgan fingerprint density at radius 2 is 1.00 bits per heavy atom. The Labute approximate surface area is 195 Å². The minimum atomic E-state index is -0.497. The summed E-state index contributed by atoms with van der Waals surface area (Å²) in [4.78, 5) is 30.0. The number of carbonyl (C=O) groups excluding carboxylic acids is 2. The van der Waals surface area contributed by atoms with Gasteiger partial charge in [0.1, 0.15) is 0 Å². The van der Waals surface area contributed by atoms with E-state index in [2.05, 4.69) is 0 Å². The first-order chi connectivity index (χ1) is 15.5. The summed E-state index contributed by atoms with van der Waals surface area (Å²) >= 11 is 3.00. The van der Waals surface area contributed by atoms with Crippen molar-refractivity contribution in [3.05, 3.63) is 84.9 Å². The Bertz CT molecular complexity index is 1020. The van der Waals surface area contributed by atoms with Gasteiger partial charge >= 0.3 is 0 Å². The lowest BCUT2D eigenvalue weighted by Crippen LogP contribution is -2.23. The maximum absolute atomic E-state index is 13.1. The van der Waals surface area contributed by atoms with Gasteiger partial charge in [0.2, 0.25) is 0 Å². The Hall–Kier alpha value is -2.52. The average Bonchev–Trinajstić information content (AvgIpc) is 3.22. The van der Waals surface area contributed by atoms with E-state index in [9.17, 15) is 9.59 Å². The molecule has 32 heavy (non-hydrogen) atoms. The van der Waals surface area contributed by atoms with Crippen LogP contribution in [0.15, 0.2) is 69.5 Å². The van der Waals surface area contributed by atoms with Gasteiger partial charge in [-0.15, -0.1) is 23.5 Å². The molecule has 0 aliphatic carbocycles. The second kappa shape index (κ2) is 9.54. The molecule has 0 saturated heterocycles. The maximum Gasteiger partial charge on any atom is 0.261 e. The standard InChI is InChI=1S/C24H20N2O4S2/c1-25-21(15-3-7-17(8-4-15)31-13-11-27)19-20(23(25)29)22(26(2)24(19)30)16-5-9-18(10-6-16)32-14-12-28/h1-10,27-28H,11-14H2. The second-order valence-corrected chi connectivity index (χ2v) is 9.33. The lowest BCUT2D eigenvalue weighted by Gasteiger charge is -2.19. The zero-order chi connectivity index (χ0) is 22.8. The van der Waals surface area contributed by atoms with E-state index >= 15 is 0 Å². The van der Waals surface area contributed by atoms with Crippen LogP contribution in [0.4, 0.5) is 0 Å². The number of aliphatic hydroxyl groups is 2. The quantitative estimate of drug-likeness (QED) is 0.585. The average molecular weight is 465 g/mol. The Morgan fingerprint density at radius 1 is 0.656 bits per heavy atom. The highest BCUT2D eigenvalue weighted by Crippen LogP contribution is 2.46. The molecule has 162 valence electrons. The number of aliphatic hydroxyl groups excluding tert-OH is 2. The molecule has 0 saturated carbocycles. The normalized spacial score (nSPS) is 16.0. The zero-order valence-corrected chi connectivity index (χ0v) is 18.7. The van der Waals surface area contributed by atoms with E-state index in [4.69, 9.17) is 24.3 Å². The number of thioether (sulfide) groups is 2. The number of hydrogen-bond acceptors (Lipinski definition) is 6. The van der Waals surface area contributed by atoms with Gasteiger partial charge in [-0.1, -0.05) is 24.3 Å². The van der Waals surface area contributed by atoms with Gasteiger partial charge in [0.15, 0.2) is 0 Å². The lowest BCUT2D eigenvalue weighted by atomic mass is 10.0. The van der Waals surface area contributed by atoms with Crippen molar-refractivity contribution in [1.29, 1.82) is 0 Å². The van der Waals surface area contributed by atoms with E-state index in [1.54, 1.807) is 24.3 Å². The molecule has 0 spiro atoms. The summed E-state index contributed by atoms with van der Waals surface area (Å²) in [5.74, 6) is 0.152. The largest absolute Gasteiger partial charge is 0.396 e. The summed E-state index contributed by atoms with van der Waals surface area (Å²) in [7, 11) is 12.2. The molecule has 6 nitrogen and oxygen atoms in total. The van der Waals surface area contributed by atoms with Crippen LogP contribution >= 0.6 is 23.5 Å². The van der Waals surface area contributed by atoms with Crippen molar-refractivity contribution in [3.63, 3.8) is 0 Å². The predicted octanol–water partition coefficient (Wildman–Crippen LogP) is 3.00. The van der Waals surface area contributed by atoms with Crippen LogP contribution in [0, 0.1) is 14.1 Å². The Kier molecular flexibility index (Phi) is 6.76. The van der Waals surface area contributed by atoms with Crippen LogP contribution in [0.1, 0.15) is 11.1 Å². The van der Waals surface area contributed by atoms with E-state index in [1.807, 2.05) is 24.3 Å². The second-order valence-electron chi connectivity index (χ2n) is 6.99. The summed E-state index contributed by atoms with van der Waals surface area (Å²) in [6.07, 6.45) is 0. The summed E-state index contributed by atoms with van der Waals surface area (Å²) < 4.78 is 0. The molecule has 2 aliphatic rings. The highest BCUT2D eigenvalue weighted by Gasteiger charge is 2.46. The minimum Gasteiger partial charge on any atom is -0.396 e. The van der Waals surface area contributed by atoms with Crippen LogP contribution in [0.3, 0.4) is 0 Å². The molecule has 0 atom stereocenters. The number of hydrogen-bond donors (Lipinski definition) is 2. The third-order valence-corrected chi connectivity index (χ3v) is 7.03.